The Morgan fingerprint density at radius 1 is 1.46 bits per heavy atom. The highest BCUT2D eigenvalue weighted by molar-refractivity contribution is 5.76. The number of carbonyl (C=O) groups is 1. The topological polar surface area (TPSA) is 29.1 Å². The summed E-state index contributed by atoms with van der Waals surface area (Å²) in [5.74, 6) is 1.10. The molecule has 0 aromatic heterocycles. The first-order chi connectivity index (χ1) is 6.23. The summed E-state index contributed by atoms with van der Waals surface area (Å²) in [7, 11) is 0. The summed E-state index contributed by atoms with van der Waals surface area (Å²) in [4.78, 5) is 11.0. The number of Topliss-reactive ketones (excluding diaryl/α,β-unsaturated/α-hetero) is 1. The number of rotatable bonds is 2. The van der Waals surface area contributed by atoms with Crippen molar-refractivity contribution < 1.29 is 4.79 Å². The molecule has 0 amide bonds. The molecule has 1 saturated carbocycles. The van der Waals surface area contributed by atoms with E-state index in [1.807, 2.05) is 0 Å². The molecule has 0 aromatic rings. The second-order valence-corrected chi connectivity index (χ2v) is 4.77. The van der Waals surface area contributed by atoms with Gasteiger partial charge in [-0.3, -0.25) is 0 Å². The van der Waals surface area contributed by atoms with E-state index in [1.54, 1.807) is 6.92 Å². The molecule has 13 heavy (non-hydrogen) atoms. The van der Waals surface area contributed by atoms with E-state index in [9.17, 15) is 4.79 Å². The Morgan fingerprint density at radius 3 is 3.08 bits per heavy atom. The normalized spacial score (nSPS) is 38.7. The van der Waals surface area contributed by atoms with Crippen molar-refractivity contribution in [3.8, 4) is 0 Å². The van der Waals surface area contributed by atoms with E-state index >= 15 is 0 Å². The highest BCUT2D eigenvalue weighted by Crippen LogP contribution is 2.60. The van der Waals surface area contributed by atoms with Crippen LogP contribution in [0.2, 0.25) is 0 Å². The lowest BCUT2D eigenvalue weighted by atomic mass is 9.93. The first-order valence-electron chi connectivity index (χ1n) is 5.43. The molecule has 1 aliphatic carbocycles. The lowest BCUT2D eigenvalue weighted by Gasteiger charge is -2.12. The summed E-state index contributed by atoms with van der Waals surface area (Å²) >= 11 is 0. The van der Waals surface area contributed by atoms with Crippen LogP contribution in [-0.2, 0) is 4.79 Å². The molecule has 74 valence electrons. The fourth-order valence-corrected chi connectivity index (χ4v) is 2.83. The summed E-state index contributed by atoms with van der Waals surface area (Å²) in [5.41, 5.74) is 0.579. The Labute approximate surface area is 80.1 Å². The highest BCUT2D eigenvalue weighted by atomic mass is 16.1. The standard InChI is InChI=1S/C11H19NO/c1-9(13)7-10-8-11(10)3-2-5-12-6-4-11/h10,12H,2-8H2,1H3. The Kier molecular flexibility index (Phi) is 2.41. The first-order valence-corrected chi connectivity index (χ1v) is 5.43. The SMILES string of the molecule is CC(=O)CC1CC12CCCNCC2. The van der Waals surface area contributed by atoms with Crippen molar-refractivity contribution in [3.63, 3.8) is 0 Å². The molecule has 0 radical (unpaired) electrons. The van der Waals surface area contributed by atoms with E-state index in [0.29, 0.717) is 11.2 Å². The molecule has 1 spiro atoms. The van der Waals surface area contributed by atoms with Gasteiger partial charge in [0.25, 0.3) is 0 Å². The van der Waals surface area contributed by atoms with E-state index in [-0.39, 0.29) is 0 Å². The molecule has 2 heteroatoms. The fourth-order valence-electron chi connectivity index (χ4n) is 2.83. The van der Waals surface area contributed by atoms with E-state index in [2.05, 4.69) is 5.32 Å². The molecule has 1 aliphatic heterocycles. The number of hydrogen-bond donors (Lipinski definition) is 1. The van der Waals surface area contributed by atoms with Gasteiger partial charge in [0.15, 0.2) is 0 Å². The maximum absolute atomic E-state index is 11.0. The molecule has 0 bridgehead atoms. The molecule has 2 aliphatic rings. The first kappa shape index (κ1) is 9.20. The van der Waals surface area contributed by atoms with Gasteiger partial charge in [0, 0.05) is 6.42 Å². The van der Waals surface area contributed by atoms with Gasteiger partial charge < -0.3 is 10.1 Å². The van der Waals surface area contributed by atoms with E-state index in [1.165, 1.54) is 32.2 Å². The largest absolute Gasteiger partial charge is 0.317 e. The van der Waals surface area contributed by atoms with Crippen molar-refractivity contribution in [2.24, 2.45) is 11.3 Å². The lowest BCUT2D eigenvalue weighted by Crippen LogP contribution is -2.14. The molecule has 2 fully saturated rings. The highest BCUT2D eigenvalue weighted by Gasteiger charge is 2.52. The average molecular weight is 181 g/mol. The van der Waals surface area contributed by atoms with Gasteiger partial charge in [-0.1, -0.05) is 0 Å². The van der Waals surface area contributed by atoms with Gasteiger partial charge in [-0.25, -0.2) is 0 Å². The minimum absolute atomic E-state index is 0.374. The third-order valence-corrected chi connectivity index (χ3v) is 3.72. The Bertz CT molecular complexity index is 204. The molecule has 1 heterocycles. The van der Waals surface area contributed by atoms with Crippen molar-refractivity contribution >= 4 is 5.78 Å². The minimum Gasteiger partial charge on any atom is -0.317 e. The number of ketones is 1. The van der Waals surface area contributed by atoms with Crippen LogP contribution in [0.3, 0.4) is 0 Å². The van der Waals surface area contributed by atoms with Gasteiger partial charge in [0.2, 0.25) is 0 Å². The van der Waals surface area contributed by atoms with Crippen LogP contribution >= 0.6 is 0 Å². The zero-order valence-electron chi connectivity index (χ0n) is 8.44. The van der Waals surface area contributed by atoms with Gasteiger partial charge in [-0.2, -0.15) is 0 Å². The van der Waals surface area contributed by atoms with Crippen LogP contribution in [0.1, 0.15) is 39.0 Å². The van der Waals surface area contributed by atoms with Crippen LogP contribution in [0, 0.1) is 11.3 Å². The summed E-state index contributed by atoms with van der Waals surface area (Å²) < 4.78 is 0. The van der Waals surface area contributed by atoms with Crippen molar-refractivity contribution in [2.75, 3.05) is 13.1 Å². The van der Waals surface area contributed by atoms with Gasteiger partial charge in [-0.05, 0) is 57.0 Å². The van der Waals surface area contributed by atoms with Gasteiger partial charge in [0.05, 0.1) is 0 Å². The van der Waals surface area contributed by atoms with Crippen LogP contribution in [0.25, 0.3) is 0 Å². The molecule has 1 N–H and O–H groups in total. The Balaban J connectivity index is 1.88. The summed E-state index contributed by atoms with van der Waals surface area (Å²) in [6.07, 6.45) is 6.09. The smallest absolute Gasteiger partial charge is 0.130 e. The third kappa shape index (κ3) is 1.93. The molecule has 2 unspecified atom stereocenters. The molecule has 1 saturated heterocycles. The third-order valence-electron chi connectivity index (χ3n) is 3.72. The van der Waals surface area contributed by atoms with Crippen molar-refractivity contribution in [2.45, 2.75) is 39.0 Å². The van der Waals surface area contributed by atoms with Gasteiger partial charge in [0.1, 0.15) is 5.78 Å². The van der Waals surface area contributed by atoms with Crippen LogP contribution in [0.5, 0.6) is 0 Å². The summed E-state index contributed by atoms with van der Waals surface area (Å²) in [6.45, 7) is 4.06. The predicted molar refractivity (Wildman–Crippen MR) is 52.6 cm³/mol. The van der Waals surface area contributed by atoms with Crippen LogP contribution in [0.4, 0.5) is 0 Å². The molecule has 2 nitrogen and oxygen atoms in total. The number of nitrogens with one attached hydrogen (secondary N) is 1. The van der Waals surface area contributed by atoms with Crippen LogP contribution in [-0.4, -0.2) is 18.9 Å². The van der Waals surface area contributed by atoms with Crippen molar-refractivity contribution in [1.29, 1.82) is 0 Å². The second kappa shape index (κ2) is 3.41. The Hall–Kier alpha value is -0.370. The van der Waals surface area contributed by atoms with Gasteiger partial charge >= 0.3 is 0 Å². The van der Waals surface area contributed by atoms with Crippen molar-refractivity contribution in [3.05, 3.63) is 0 Å². The number of hydrogen-bond acceptors (Lipinski definition) is 2. The lowest BCUT2D eigenvalue weighted by molar-refractivity contribution is -0.117. The predicted octanol–water partition coefficient (Wildman–Crippen LogP) is 1.75. The summed E-state index contributed by atoms with van der Waals surface area (Å²) in [6, 6.07) is 0. The molecule has 0 aromatic carbocycles. The van der Waals surface area contributed by atoms with Gasteiger partial charge in [-0.15, -0.1) is 0 Å². The van der Waals surface area contributed by atoms with Crippen molar-refractivity contribution in [1.82, 2.24) is 5.32 Å². The quantitative estimate of drug-likeness (QED) is 0.703. The van der Waals surface area contributed by atoms with E-state index in [4.69, 9.17) is 0 Å². The van der Waals surface area contributed by atoms with Crippen LogP contribution in [0.15, 0.2) is 0 Å². The minimum atomic E-state index is 0.374. The zero-order valence-corrected chi connectivity index (χ0v) is 8.44. The maximum Gasteiger partial charge on any atom is 0.130 e. The molecular formula is C11H19NO. The van der Waals surface area contributed by atoms with E-state index in [0.717, 1.165) is 18.9 Å². The molecule has 2 atom stereocenters. The fraction of sp³-hybridized carbons (Fsp3) is 0.909. The monoisotopic (exact) mass is 181 g/mol. The summed E-state index contributed by atoms with van der Waals surface area (Å²) in [5, 5.41) is 3.43. The molecule has 2 rings (SSSR count). The van der Waals surface area contributed by atoms with Crippen LogP contribution < -0.4 is 5.32 Å². The maximum atomic E-state index is 11.0. The number of carbonyl (C=O) groups excluding carboxylic acids is 1. The average Bonchev–Trinajstić information content (AvgIpc) is 2.76. The zero-order chi connectivity index (χ0) is 9.31. The molecular weight excluding hydrogens is 162 g/mol. The second-order valence-electron chi connectivity index (χ2n) is 4.77. The Morgan fingerprint density at radius 2 is 2.31 bits per heavy atom. The van der Waals surface area contributed by atoms with E-state index < -0.39 is 0 Å².